The number of carbonyl (C=O) groups excluding carboxylic acids is 1. The van der Waals surface area contributed by atoms with Gasteiger partial charge in [0.2, 0.25) is 15.9 Å². The predicted octanol–water partition coefficient (Wildman–Crippen LogP) is 2.27. The Hall–Kier alpha value is -3.11. The molecule has 2 aromatic carbocycles. The van der Waals surface area contributed by atoms with Crippen molar-refractivity contribution < 1.29 is 17.6 Å². The number of aromatic nitrogens is 2. The first-order valence-corrected chi connectivity index (χ1v) is 12.2. The Kier molecular flexibility index (Phi) is 6.57. The Morgan fingerprint density at radius 2 is 1.85 bits per heavy atom. The number of halogens is 1. The van der Waals surface area contributed by atoms with Gasteiger partial charge in [0.15, 0.2) is 0 Å². The van der Waals surface area contributed by atoms with E-state index in [1.165, 1.54) is 41.0 Å². The second kappa shape index (κ2) is 9.40. The fourth-order valence-corrected chi connectivity index (χ4v) is 5.30. The highest BCUT2D eigenvalue weighted by atomic mass is 32.2. The van der Waals surface area contributed by atoms with E-state index in [0.717, 1.165) is 23.0 Å². The van der Waals surface area contributed by atoms with Gasteiger partial charge in [0.1, 0.15) is 12.4 Å². The lowest BCUT2D eigenvalue weighted by molar-refractivity contribution is -0.121. The van der Waals surface area contributed by atoms with Crippen LogP contribution in [0.1, 0.15) is 25.3 Å². The second-order valence-electron chi connectivity index (χ2n) is 8.35. The van der Waals surface area contributed by atoms with Gasteiger partial charge in [-0.05, 0) is 54.7 Å². The molecule has 0 bridgehead atoms. The van der Waals surface area contributed by atoms with Crippen LogP contribution >= 0.6 is 0 Å². The lowest BCUT2D eigenvalue weighted by Crippen LogP contribution is -2.38. The van der Waals surface area contributed by atoms with Crippen LogP contribution in [0.15, 0.2) is 58.5 Å². The van der Waals surface area contributed by atoms with Gasteiger partial charge in [-0.25, -0.2) is 17.8 Å². The Bertz CT molecular complexity index is 1330. The summed E-state index contributed by atoms with van der Waals surface area (Å²) in [6.45, 7) is 2.92. The molecule has 0 unspecified atom stereocenters. The third kappa shape index (κ3) is 5.12. The molecule has 0 saturated carbocycles. The third-order valence-corrected chi connectivity index (χ3v) is 7.79. The molecular formula is C23H25FN4O4S. The number of amides is 1. The lowest BCUT2D eigenvalue weighted by atomic mass is 10.0. The van der Waals surface area contributed by atoms with Crippen LogP contribution in [0.4, 0.5) is 4.39 Å². The number of hydrogen-bond donors (Lipinski definition) is 1. The standard InChI is InChI=1S/C23H25FN4O4S/c1-16-8-10-28(11-9-16)33(31,32)19-6-7-21-20(12-19)23(30)27(15-26-21)14-22(29)25-13-17-2-4-18(24)5-3-17/h2-7,12,15-16H,8-11,13-14H2,1H3,(H,25,29). The fraction of sp³-hybridized carbons (Fsp3) is 0.348. The summed E-state index contributed by atoms with van der Waals surface area (Å²) in [7, 11) is -3.72. The topological polar surface area (TPSA) is 101 Å². The van der Waals surface area contributed by atoms with Crippen LogP contribution in [0.3, 0.4) is 0 Å². The Morgan fingerprint density at radius 1 is 1.15 bits per heavy atom. The van der Waals surface area contributed by atoms with Crippen molar-refractivity contribution in [3.63, 3.8) is 0 Å². The van der Waals surface area contributed by atoms with Crippen molar-refractivity contribution in [3.8, 4) is 0 Å². The molecule has 1 N–H and O–H groups in total. The van der Waals surface area contributed by atoms with Crippen LogP contribution in [0.5, 0.6) is 0 Å². The molecule has 174 valence electrons. The summed E-state index contributed by atoms with van der Waals surface area (Å²) in [5, 5.41) is 2.81. The van der Waals surface area contributed by atoms with Gasteiger partial charge in [0.25, 0.3) is 5.56 Å². The highest BCUT2D eigenvalue weighted by Gasteiger charge is 2.28. The zero-order valence-electron chi connectivity index (χ0n) is 18.2. The van der Waals surface area contributed by atoms with E-state index >= 15 is 0 Å². The maximum absolute atomic E-state index is 13.1. The van der Waals surface area contributed by atoms with Crippen molar-refractivity contribution in [1.82, 2.24) is 19.2 Å². The highest BCUT2D eigenvalue weighted by molar-refractivity contribution is 7.89. The highest BCUT2D eigenvalue weighted by Crippen LogP contribution is 2.24. The smallest absolute Gasteiger partial charge is 0.261 e. The van der Waals surface area contributed by atoms with Crippen molar-refractivity contribution >= 4 is 26.8 Å². The van der Waals surface area contributed by atoms with Crippen molar-refractivity contribution in [1.29, 1.82) is 0 Å². The molecule has 4 rings (SSSR count). The average Bonchev–Trinajstić information content (AvgIpc) is 2.80. The predicted molar refractivity (Wildman–Crippen MR) is 121 cm³/mol. The largest absolute Gasteiger partial charge is 0.350 e. The van der Waals surface area contributed by atoms with Gasteiger partial charge in [-0.15, -0.1) is 0 Å². The lowest BCUT2D eigenvalue weighted by Gasteiger charge is -2.29. The number of carbonyl (C=O) groups is 1. The monoisotopic (exact) mass is 472 g/mol. The molecule has 0 radical (unpaired) electrons. The summed E-state index contributed by atoms with van der Waals surface area (Å²) in [4.78, 5) is 29.5. The number of hydrogen-bond acceptors (Lipinski definition) is 5. The van der Waals surface area contributed by atoms with Crippen molar-refractivity contribution in [2.24, 2.45) is 5.92 Å². The fourth-order valence-electron chi connectivity index (χ4n) is 3.80. The van der Waals surface area contributed by atoms with E-state index in [1.807, 2.05) is 0 Å². The van der Waals surface area contributed by atoms with E-state index in [9.17, 15) is 22.4 Å². The maximum Gasteiger partial charge on any atom is 0.261 e. The van der Waals surface area contributed by atoms with E-state index in [-0.39, 0.29) is 29.2 Å². The van der Waals surface area contributed by atoms with E-state index < -0.39 is 21.5 Å². The summed E-state index contributed by atoms with van der Waals surface area (Å²) >= 11 is 0. The van der Waals surface area contributed by atoms with Gasteiger partial charge >= 0.3 is 0 Å². The molecule has 1 aliphatic rings. The number of sulfonamides is 1. The number of benzene rings is 2. The number of fused-ring (bicyclic) bond motifs is 1. The molecular weight excluding hydrogens is 447 g/mol. The van der Waals surface area contributed by atoms with Crippen LogP contribution in [0.2, 0.25) is 0 Å². The zero-order chi connectivity index (χ0) is 23.6. The molecule has 10 heteroatoms. The van der Waals surface area contributed by atoms with Gasteiger partial charge in [0.05, 0.1) is 22.1 Å². The molecule has 1 saturated heterocycles. The van der Waals surface area contributed by atoms with Crippen LogP contribution in [0, 0.1) is 11.7 Å². The number of piperidine rings is 1. The van der Waals surface area contributed by atoms with Crippen molar-refractivity contribution in [2.45, 2.75) is 37.8 Å². The van der Waals surface area contributed by atoms with E-state index in [2.05, 4.69) is 17.2 Å². The first-order chi connectivity index (χ1) is 15.7. The Morgan fingerprint density at radius 3 is 2.55 bits per heavy atom. The molecule has 1 fully saturated rings. The number of rotatable bonds is 6. The number of nitrogens with one attached hydrogen (secondary N) is 1. The minimum atomic E-state index is -3.72. The quantitative estimate of drug-likeness (QED) is 0.593. The van der Waals surface area contributed by atoms with E-state index in [4.69, 9.17) is 0 Å². The van der Waals surface area contributed by atoms with Crippen LogP contribution in [-0.2, 0) is 27.9 Å². The van der Waals surface area contributed by atoms with Crippen LogP contribution < -0.4 is 10.9 Å². The number of nitrogens with zero attached hydrogens (tertiary/aromatic N) is 3. The van der Waals surface area contributed by atoms with Crippen molar-refractivity contribution in [3.05, 3.63) is 70.5 Å². The molecule has 8 nitrogen and oxygen atoms in total. The molecule has 2 heterocycles. The Balaban J connectivity index is 1.53. The molecule has 1 amide bonds. The molecule has 33 heavy (non-hydrogen) atoms. The molecule has 0 atom stereocenters. The van der Waals surface area contributed by atoms with Gasteiger partial charge in [-0.3, -0.25) is 14.2 Å². The van der Waals surface area contributed by atoms with Crippen LogP contribution in [0.25, 0.3) is 10.9 Å². The molecule has 1 aliphatic heterocycles. The van der Waals surface area contributed by atoms with Gasteiger partial charge in [-0.1, -0.05) is 19.1 Å². The van der Waals surface area contributed by atoms with Gasteiger partial charge in [0, 0.05) is 19.6 Å². The normalized spacial score (nSPS) is 15.6. The summed E-state index contributed by atoms with van der Waals surface area (Å²) in [6.07, 6.45) is 2.87. The first-order valence-electron chi connectivity index (χ1n) is 10.7. The average molecular weight is 473 g/mol. The van der Waals surface area contributed by atoms with E-state index in [0.29, 0.717) is 24.5 Å². The van der Waals surface area contributed by atoms with Crippen LogP contribution in [-0.4, -0.2) is 41.3 Å². The maximum atomic E-state index is 13.1. The van der Waals surface area contributed by atoms with Gasteiger partial charge in [-0.2, -0.15) is 4.31 Å². The summed E-state index contributed by atoms with van der Waals surface area (Å²) < 4.78 is 41.7. The molecule has 0 spiro atoms. The zero-order valence-corrected chi connectivity index (χ0v) is 19.0. The Labute approximate surface area is 191 Å². The SMILES string of the molecule is CC1CCN(S(=O)(=O)c2ccc3ncn(CC(=O)NCc4ccc(F)cc4)c(=O)c3c2)CC1. The molecule has 1 aromatic heterocycles. The minimum Gasteiger partial charge on any atom is -0.350 e. The molecule has 3 aromatic rings. The first kappa shape index (κ1) is 23.1. The minimum absolute atomic E-state index is 0.0435. The summed E-state index contributed by atoms with van der Waals surface area (Å²) in [5.41, 5.74) is 0.575. The summed E-state index contributed by atoms with van der Waals surface area (Å²) in [5.74, 6) is -0.303. The van der Waals surface area contributed by atoms with E-state index in [1.54, 1.807) is 12.1 Å². The summed E-state index contributed by atoms with van der Waals surface area (Å²) in [6, 6.07) is 10.0. The third-order valence-electron chi connectivity index (χ3n) is 5.89. The second-order valence-corrected chi connectivity index (χ2v) is 10.3. The van der Waals surface area contributed by atoms with Crippen molar-refractivity contribution in [2.75, 3.05) is 13.1 Å². The molecule has 0 aliphatic carbocycles. The van der Waals surface area contributed by atoms with Gasteiger partial charge < -0.3 is 5.32 Å².